The van der Waals surface area contributed by atoms with E-state index in [9.17, 15) is 4.79 Å². The zero-order chi connectivity index (χ0) is 13.9. The maximum Gasteiger partial charge on any atom is 0.234 e. The van der Waals surface area contributed by atoms with Gasteiger partial charge in [0.1, 0.15) is 0 Å². The minimum Gasteiger partial charge on any atom is -0.352 e. The van der Waals surface area contributed by atoms with Crippen LogP contribution in [0, 0.1) is 5.92 Å². The number of amides is 1. The molecule has 1 atom stereocenters. The summed E-state index contributed by atoms with van der Waals surface area (Å²) in [7, 11) is 0. The third kappa shape index (κ3) is 3.91. The molecule has 0 aromatic carbocycles. The van der Waals surface area contributed by atoms with Gasteiger partial charge in [-0.2, -0.15) is 0 Å². The standard InChI is InChI=1S/C14H26N2O3/c1-11(2)12(3)15-13(17)10-16-6-4-14(5-7-16)18-8-9-19-14/h11-12H,4-10H2,1-3H3,(H,15,17). The summed E-state index contributed by atoms with van der Waals surface area (Å²) in [5.74, 6) is 0.234. The van der Waals surface area contributed by atoms with Gasteiger partial charge in [-0.1, -0.05) is 13.8 Å². The summed E-state index contributed by atoms with van der Waals surface area (Å²) in [6, 6.07) is 0.227. The van der Waals surface area contributed by atoms with E-state index >= 15 is 0 Å². The number of hydrogen-bond donors (Lipinski definition) is 1. The zero-order valence-corrected chi connectivity index (χ0v) is 12.3. The molecule has 0 bridgehead atoms. The topological polar surface area (TPSA) is 50.8 Å². The third-order valence-corrected chi connectivity index (χ3v) is 4.19. The lowest BCUT2D eigenvalue weighted by atomic mass is 10.0. The number of ether oxygens (including phenoxy) is 2. The van der Waals surface area contributed by atoms with Crippen LogP contribution in [-0.2, 0) is 14.3 Å². The van der Waals surface area contributed by atoms with Gasteiger partial charge in [0.05, 0.1) is 19.8 Å². The van der Waals surface area contributed by atoms with Crippen LogP contribution in [0.2, 0.25) is 0 Å². The molecule has 1 N–H and O–H groups in total. The van der Waals surface area contributed by atoms with Gasteiger partial charge < -0.3 is 14.8 Å². The van der Waals surface area contributed by atoms with Crippen molar-refractivity contribution in [3.63, 3.8) is 0 Å². The number of nitrogens with one attached hydrogen (secondary N) is 1. The Morgan fingerprint density at radius 3 is 2.32 bits per heavy atom. The van der Waals surface area contributed by atoms with Crippen LogP contribution in [0.5, 0.6) is 0 Å². The van der Waals surface area contributed by atoms with E-state index in [0.717, 1.165) is 25.9 Å². The molecule has 2 aliphatic heterocycles. The van der Waals surface area contributed by atoms with Gasteiger partial charge >= 0.3 is 0 Å². The Kier molecular flexibility index (Phi) is 4.81. The Labute approximate surface area is 115 Å². The molecule has 2 rings (SSSR count). The molecule has 1 spiro atoms. The molecule has 0 aliphatic carbocycles. The number of hydrogen-bond acceptors (Lipinski definition) is 4. The molecule has 1 amide bonds. The fraction of sp³-hybridized carbons (Fsp3) is 0.929. The van der Waals surface area contributed by atoms with Gasteiger partial charge in [-0.15, -0.1) is 0 Å². The van der Waals surface area contributed by atoms with Crippen LogP contribution in [0.15, 0.2) is 0 Å². The second-order valence-electron chi connectivity index (χ2n) is 5.98. The highest BCUT2D eigenvalue weighted by atomic mass is 16.7. The summed E-state index contributed by atoms with van der Waals surface area (Å²) < 4.78 is 11.4. The molecular weight excluding hydrogens is 244 g/mol. The van der Waals surface area contributed by atoms with Crippen molar-refractivity contribution in [1.29, 1.82) is 0 Å². The Hall–Kier alpha value is -0.650. The van der Waals surface area contributed by atoms with Crippen molar-refractivity contribution in [2.45, 2.75) is 45.4 Å². The van der Waals surface area contributed by atoms with Gasteiger partial charge in [-0.05, 0) is 12.8 Å². The van der Waals surface area contributed by atoms with Crippen LogP contribution < -0.4 is 5.32 Å². The highest BCUT2D eigenvalue weighted by Crippen LogP contribution is 2.30. The van der Waals surface area contributed by atoms with Crippen molar-refractivity contribution in [3.8, 4) is 0 Å². The smallest absolute Gasteiger partial charge is 0.234 e. The molecule has 0 aromatic heterocycles. The molecule has 0 aromatic rings. The first kappa shape index (κ1) is 14.8. The van der Waals surface area contributed by atoms with Gasteiger partial charge in [-0.3, -0.25) is 9.69 Å². The van der Waals surface area contributed by atoms with Gasteiger partial charge in [0, 0.05) is 32.0 Å². The van der Waals surface area contributed by atoms with Crippen LogP contribution in [0.4, 0.5) is 0 Å². The van der Waals surface area contributed by atoms with Crippen LogP contribution in [0.1, 0.15) is 33.6 Å². The Balaban J connectivity index is 1.71. The van der Waals surface area contributed by atoms with Crippen molar-refractivity contribution in [2.75, 3.05) is 32.8 Å². The van der Waals surface area contributed by atoms with Gasteiger partial charge in [0.25, 0.3) is 0 Å². The van der Waals surface area contributed by atoms with Gasteiger partial charge in [0.2, 0.25) is 5.91 Å². The second kappa shape index (κ2) is 6.20. The van der Waals surface area contributed by atoms with Crippen molar-refractivity contribution < 1.29 is 14.3 Å². The van der Waals surface area contributed by atoms with E-state index in [1.807, 2.05) is 6.92 Å². The highest BCUT2D eigenvalue weighted by molar-refractivity contribution is 5.78. The summed E-state index contributed by atoms with van der Waals surface area (Å²) in [5, 5.41) is 3.04. The average Bonchev–Trinajstić information content (AvgIpc) is 2.81. The predicted octanol–water partition coefficient (Wildman–Crippen LogP) is 0.986. The lowest BCUT2D eigenvalue weighted by Crippen LogP contribution is -2.49. The van der Waals surface area contributed by atoms with E-state index in [1.54, 1.807) is 0 Å². The number of likely N-dealkylation sites (tertiary alicyclic amines) is 1. The minimum absolute atomic E-state index is 0.116. The fourth-order valence-electron chi connectivity index (χ4n) is 2.51. The number of carbonyl (C=O) groups is 1. The van der Waals surface area contributed by atoms with Crippen molar-refractivity contribution in [3.05, 3.63) is 0 Å². The number of nitrogens with zero attached hydrogens (tertiary/aromatic N) is 1. The van der Waals surface area contributed by atoms with Crippen LogP contribution in [0.3, 0.4) is 0 Å². The van der Waals surface area contributed by atoms with Crippen LogP contribution >= 0.6 is 0 Å². The molecular formula is C14H26N2O3. The maximum absolute atomic E-state index is 11.9. The largest absolute Gasteiger partial charge is 0.352 e. The summed E-state index contributed by atoms with van der Waals surface area (Å²) in [6.45, 7) is 9.89. The van der Waals surface area contributed by atoms with Gasteiger partial charge in [0.15, 0.2) is 5.79 Å². The molecule has 2 saturated heterocycles. The molecule has 5 heteroatoms. The van der Waals surface area contributed by atoms with Crippen molar-refractivity contribution >= 4 is 5.91 Å². The van der Waals surface area contributed by atoms with E-state index in [4.69, 9.17) is 9.47 Å². The molecule has 0 saturated carbocycles. The molecule has 2 aliphatic rings. The van der Waals surface area contributed by atoms with Crippen molar-refractivity contribution in [1.82, 2.24) is 10.2 Å². The van der Waals surface area contributed by atoms with E-state index < -0.39 is 0 Å². The molecule has 2 fully saturated rings. The van der Waals surface area contributed by atoms with E-state index in [-0.39, 0.29) is 17.7 Å². The summed E-state index contributed by atoms with van der Waals surface area (Å²) >= 11 is 0. The van der Waals surface area contributed by atoms with Gasteiger partial charge in [-0.25, -0.2) is 0 Å². The first-order valence-electron chi connectivity index (χ1n) is 7.30. The molecule has 5 nitrogen and oxygen atoms in total. The SMILES string of the molecule is CC(C)C(C)NC(=O)CN1CCC2(CC1)OCCO2. The lowest BCUT2D eigenvalue weighted by molar-refractivity contribution is -0.185. The molecule has 1 unspecified atom stereocenters. The monoisotopic (exact) mass is 270 g/mol. The van der Waals surface area contributed by atoms with E-state index in [1.165, 1.54) is 0 Å². The quantitative estimate of drug-likeness (QED) is 0.827. The minimum atomic E-state index is -0.349. The zero-order valence-electron chi connectivity index (χ0n) is 12.3. The first-order valence-corrected chi connectivity index (χ1v) is 7.30. The number of rotatable bonds is 4. The van der Waals surface area contributed by atoms with Crippen LogP contribution in [0.25, 0.3) is 0 Å². The summed E-state index contributed by atoms with van der Waals surface area (Å²) in [4.78, 5) is 14.1. The second-order valence-corrected chi connectivity index (χ2v) is 5.98. The summed E-state index contributed by atoms with van der Waals surface area (Å²) in [5.41, 5.74) is 0. The van der Waals surface area contributed by atoms with Crippen LogP contribution in [-0.4, -0.2) is 55.5 Å². The van der Waals surface area contributed by atoms with E-state index in [0.29, 0.717) is 25.7 Å². The fourth-order valence-corrected chi connectivity index (χ4v) is 2.51. The molecule has 2 heterocycles. The lowest BCUT2D eigenvalue weighted by Gasteiger charge is -2.37. The normalized spacial score (nSPS) is 24.8. The average molecular weight is 270 g/mol. The molecule has 0 radical (unpaired) electrons. The molecule has 110 valence electrons. The maximum atomic E-state index is 11.9. The predicted molar refractivity (Wildman–Crippen MR) is 72.8 cm³/mol. The first-order chi connectivity index (χ1) is 9.01. The number of piperidine rings is 1. The highest BCUT2D eigenvalue weighted by Gasteiger charge is 2.39. The third-order valence-electron chi connectivity index (χ3n) is 4.19. The Morgan fingerprint density at radius 1 is 1.21 bits per heavy atom. The number of carbonyl (C=O) groups excluding carboxylic acids is 1. The van der Waals surface area contributed by atoms with E-state index in [2.05, 4.69) is 24.1 Å². The summed E-state index contributed by atoms with van der Waals surface area (Å²) in [6.07, 6.45) is 1.72. The molecule has 19 heavy (non-hydrogen) atoms. The Bertz CT molecular complexity index is 304. The Morgan fingerprint density at radius 2 is 1.79 bits per heavy atom. The van der Waals surface area contributed by atoms with Crippen molar-refractivity contribution in [2.24, 2.45) is 5.92 Å².